The number of amides is 1. The van der Waals surface area contributed by atoms with E-state index >= 15 is 0 Å². The SMILES string of the molecule is O=C(NC1C2CC3CC(C2)CC1C3)c1cc(-c2ccc(F)cc2F)c[nH]1. The van der Waals surface area contributed by atoms with Crippen molar-refractivity contribution in [1.29, 1.82) is 0 Å². The summed E-state index contributed by atoms with van der Waals surface area (Å²) in [5.74, 6) is 1.58. The van der Waals surface area contributed by atoms with E-state index in [1.807, 2.05) is 0 Å². The molecular weight excluding hydrogens is 334 g/mol. The first-order valence-corrected chi connectivity index (χ1v) is 9.51. The van der Waals surface area contributed by atoms with Crippen LogP contribution in [0.5, 0.6) is 0 Å². The van der Waals surface area contributed by atoms with Crippen LogP contribution in [0.1, 0.15) is 42.6 Å². The van der Waals surface area contributed by atoms with Crippen LogP contribution in [0, 0.1) is 35.3 Å². The Morgan fingerprint density at radius 1 is 1.00 bits per heavy atom. The fraction of sp³-hybridized carbons (Fsp3) is 0.476. The van der Waals surface area contributed by atoms with Gasteiger partial charge in [0.2, 0.25) is 0 Å². The molecule has 0 atom stereocenters. The molecule has 3 nitrogen and oxygen atoms in total. The molecule has 1 heterocycles. The van der Waals surface area contributed by atoms with Crippen molar-refractivity contribution in [3.63, 3.8) is 0 Å². The van der Waals surface area contributed by atoms with Gasteiger partial charge < -0.3 is 10.3 Å². The third-order valence-electron chi connectivity index (χ3n) is 6.69. The second-order valence-corrected chi connectivity index (χ2v) is 8.36. The van der Waals surface area contributed by atoms with Gasteiger partial charge in [-0.05, 0) is 74.0 Å². The molecule has 0 spiro atoms. The van der Waals surface area contributed by atoms with E-state index in [-0.39, 0.29) is 17.5 Å². The molecule has 0 aliphatic heterocycles. The molecule has 2 N–H and O–H groups in total. The largest absolute Gasteiger partial charge is 0.357 e. The van der Waals surface area contributed by atoms with Crippen LogP contribution in [-0.2, 0) is 0 Å². The molecule has 26 heavy (non-hydrogen) atoms. The molecular formula is C21H22F2N2O. The summed E-state index contributed by atoms with van der Waals surface area (Å²) in [7, 11) is 0. The van der Waals surface area contributed by atoms with E-state index in [2.05, 4.69) is 10.3 Å². The van der Waals surface area contributed by atoms with Crippen molar-refractivity contribution < 1.29 is 13.6 Å². The van der Waals surface area contributed by atoms with Crippen molar-refractivity contribution in [2.75, 3.05) is 0 Å². The van der Waals surface area contributed by atoms with Gasteiger partial charge in [0.1, 0.15) is 17.3 Å². The first-order chi connectivity index (χ1) is 12.6. The summed E-state index contributed by atoms with van der Waals surface area (Å²) in [6.45, 7) is 0. The summed E-state index contributed by atoms with van der Waals surface area (Å²) in [6, 6.07) is 5.38. The van der Waals surface area contributed by atoms with Gasteiger partial charge in [0.25, 0.3) is 5.91 Å². The van der Waals surface area contributed by atoms with Gasteiger partial charge in [-0.25, -0.2) is 8.78 Å². The van der Waals surface area contributed by atoms with Crippen LogP contribution in [-0.4, -0.2) is 16.9 Å². The van der Waals surface area contributed by atoms with E-state index in [4.69, 9.17) is 0 Å². The number of H-pyrrole nitrogens is 1. The topological polar surface area (TPSA) is 44.9 Å². The molecule has 4 aliphatic carbocycles. The Balaban J connectivity index is 1.33. The molecule has 0 unspecified atom stereocenters. The summed E-state index contributed by atoms with van der Waals surface area (Å²) >= 11 is 0. The molecule has 1 aromatic carbocycles. The minimum Gasteiger partial charge on any atom is -0.357 e. The maximum Gasteiger partial charge on any atom is 0.267 e. The molecule has 5 heteroatoms. The normalized spacial score (nSPS) is 32.0. The van der Waals surface area contributed by atoms with E-state index in [0.29, 0.717) is 23.1 Å². The maximum absolute atomic E-state index is 14.0. The lowest BCUT2D eigenvalue weighted by molar-refractivity contribution is -0.0120. The number of benzene rings is 1. The molecule has 1 aromatic heterocycles. The summed E-state index contributed by atoms with van der Waals surface area (Å²) < 4.78 is 27.0. The number of nitrogens with one attached hydrogen (secondary N) is 2. The standard InChI is InChI=1S/C21H22F2N2O/c22-16-1-2-17(18(23)9-16)15-8-19(24-10-15)21(26)25-20-13-4-11-3-12(6-13)7-14(20)5-11/h1-2,8-14,20,24H,3-7H2,(H,25,26). The first kappa shape index (κ1) is 16.0. The number of halogens is 2. The Hall–Kier alpha value is -2.17. The third kappa shape index (κ3) is 2.65. The van der Waals surface area contributed by atoms with Crippen molar-refractivity contribution >= 4 is 5.91 Å². The predicted octanol–water partition coefficient (Wildman–Crippen LogP) is 4.51. The second-order valence-electron chi connectivity index (χ2n) is 8.36. The number of hydrogen-bond donors (Lipinski definition) is 2. The number of aromatic nitrogens is 1. The number of carbonyl (C=O) groups is 1. The van der Waals surface area contributed by atoms with Crippen LogP contribution >= 0.6 is 0 Å². The highest BCUT2D eigenvalue weighted by molar-refractivity contribution is 5.94. The fourth-order valence-corrected chi connectivity index (χ4v) is 5.79. The van der Waals surface area contributed by atoms with Gasteiger partial charge in [-0.15, -0.1) is 0 Å². The number of rotatable bonds is 3. The smallest absolute Gasteiger partial charge is 0.267 e. The molecule has 4 fully saturated rings. The molecule has 4 aliphatic rings. The number of carbonyl (C=O) groups excluding carboxylic acids is 1. The van der Waals surface area contributed by atoms with Gasteiger partial charge in [-0.3, -0.25) is 4.79 Å². The molecule has 2 aromatic rings. The van der Waals surface area contributed by atoms with E-state index in [9.17, 15) is 13.6 Å². The monoisotopic (exact) mass is 356 g/mol. The van der Waals surface area contributed by atoms with Crippen LogP contribution in [0.4, 0.5) is 8.78 Å². The van der Waals surface area contributed by atoms with Gasteiger partial charge in [-0.1, -0.05) is 0 Å². The highest BCUT2D eigenvalue weighted by Crippen LogP contribution is 2.53. The summed E-state index contributed by atoms with van der Waals surface area (Å²) in [5.41, 5.74) is 1.27. The van der Waals surface area contributed by atoms with Crippen LogP contribution < -0.4 is 5.32 Å². The molecule has 136 valence electrons. The fourth-order valence-electron chi connectivity index (χ4n) is 5.79. The van der Waals surface area contributed by atoms with Gasteiger partial charge in [0, 0.05) is 29.4 Å². The highest BCUT2D eigenvalue weighted by atomic mass is 19.1. The molecule has 0 saturated heterocycles. The molecule has 0 radical (unpaired) electrons. The average molecular weight is 356 g/mol. The van der Waals surface area contributed by atoms with Gasteiger partial charge >= 0.3 is 0 Å². The highest BCUT2D eigenvalue weighted by Gasteiger charge is 2.48. The summed E-state index contributed by atoms with van der Waals surface area (Å²) in [5, 5.41) is 3.24. The van der Waals surface area contributed by atoms with Crippen molar-refractivity contribution in [1.82, 2.24) is 10.3 Å². The zero-order valence-electron chi connectivity index (χ0n) is 14.5. The lowest BCUT2D eigenvalue weighted by Gasteiger charge is -2.54. The van der Waals surface area contributed by atoms with Crippen LogP contribution in [0.3, 0.4) is 0 Å². The number of hydrogen-bond acceptors (Lipinski definition) is 1. The zero-order valence-corrected chi connectivity index (χ0v) is 14.5. The minimum absolute atomic E-state index is 0.128. The second kappa shape index (κ2) is 5.93. The van der Waals surface area contributed by atoms with E-state index in [0.717, 1.165) is 17.9 Å². The minimum atomic E-state index is -0.628. The van der Waals surface area contributed by atoms with E-state index in [1.54, 1.807) is 12.3 Å². The van der Waals surface area contributed by atoms with Gasteiger partial charge in [0.05, 0.1) is 0 Å². The average Bonchev–Trinajstić information content (AvgIpc) is 3.07. The van der Waals surface area contributed by atoms with Crippen LogP contribution in [0.2, 0.25) is 0 Å². The number of aromatic amines is 1. The Morgan fingerprint density at radius 2 is 1.69 bits per heavy atom. The van der Waals surface area contributed by atoms with E-state index in [1.165, 1.54) is 44.2 Å². The third-order valence-corrected chi connectivity index (χ3v) is 6.69. The zero-order chi connectivity index (χ0) is 17.8. The van der Waals surface area contributed by atoms with Gasteiger partial charge in [-0.2, -0.15) is 0 Å². The first-order valence-electron chi connectivity index (χ1n) is 9.51. The van der Waals surface area contributed by atoms with Crippen molar-refractivity contribution in [3.05, 3.63) is 47.8 Å². The molecule has 4 bridgehead atoms. The van der Waals surface area contributed by atoms with Crippen LogP contribution in [0.15, 0.2) is 30.5 Å². The van der Waals surface area contributed by atoms with Crippen LogP contribution in [0.25, 0.3) is 11.1 Å². The molecule has 1 amide bonds. The Morgan fingerprint density at radius 3 is 2.35 bits per heavy atom. The Bertz CT molecular complexity index is 831. The molecule has 4 saturated carbocycles. The maximum atomic E-state index is 14.0. The van der Waals surface area contributed by atoms with Gasteiger partial charge in [0.15, 0.2) is 0 Å². The summed E-state index contributed by atoms with van der Waals surface area (Å²) in [6.07, 6.45) is 7.96. The Labute approximate surface area is 151 Å². The summed E-state index contributed by atoms with van der Waals surface area (Å²) in [4.78, 5) is 15.7. The lowest BCUT2D eigenvalue weighted by atomic mass is 9.54. The van der Waals surface area contributed by atoms with E-state index < -0.39 is 11.6 Å². The van der Waals surface area contributed by atoms with Crippen molar-refractivity contribution in [2.45, 2.75) is 38.1 Å². The Kier molecular flexibility index (Phi) is 3.66. The molecule has 6 rings (SSSR count). The quantitative estimate of drug-likeness (QED) is 0.835. The lowest BCUT2D eigenvalue weighted by Crippen LogP contribution is -2.55. The van der Waals surface area contributed by atoms with Crippen molar-refractivity contribution in [3.8, 4) is 11.1 Å². The predicted molar refractivity (Wildman–Crippen MR) is 94.4 cm³/mol. The van der Waals surface area contributed by atoms with Crippen molar-refractivity contribution in [2.24, 2.45) is 23.7 Å².